The van der Waals surface area contributed by atoms with Crippen molar-refractivity contribution < 1.29 is 0 Å². The first-order chi connectivity index (χ1) is 10.3. The zero-order valence-corrected chi connectivity index (χ0v) is 13.2. The Morgan fingerprint density at radius 3 is 2.62 bits per heavy atom. The Kier molecular flexibility index (Phi) is 4.58. The number of hydrogen-bond acceptors (Lipinski definition) is 3. The molecule has 4 heteroatoms. The molecule has 1 aromatic carbocycles. The first kappa shape index (κ1) is 14.6. The van der Waals surface area contributed by atoms with E-state index in [1.54, 1.807) is 0 Å². The summed E-state index contributed by atoms with van der Waals surface area (Å²) in [5, 5.41) is 4.56. The highest BCUT2D eigenvalue weighted by Gasteiger charge is 2.13. The Bertz CT molecular complexity index is 581. The fraction of sp³-hybridized carbons (Fsp3) is 0.529. The maximum absolute atomic E-state index is 3.21. The molecule has 1 saturated heterocycles. The van der Waals surface area contributed by atoms with Crippen LogP contribution in [0, 0.1) is 0 Å². The van der Waals surface area contributed by atoms with E-state index in [0.717, 1.165) is 19.6 Å². The molecule has 1 N–H and O–H groups in total. The highest BCUT2D eigenvalue weighted by molar-refractivity contribution is 5.80. The van der Waals surface area contributed by atoms with Crippen LogP contribution in [-0.2, 0) is 13.1 Å². The molecule has 0 aliphatic carbocycles. The molecule has 114 valence electrons. The van der Waals surface area contributed by atoms with Crippen molar-refractivity contribution in [3.8, 4) is 0 Å². The summed E-state index contributed by atoms with van der Waals surface area (Å²) < 4.78 is 2.39. The van der Waals surface area contributed by atoms with E-state index in [2.05, 4.69) is 57.2 Å². The summed E-state index contributed by atoms with van der Waals surface area (Å²) in [5.41, 5.74) is 2.70. The van der Waals surface area contributed by atoms with Crippen molar-refractivity contribution in [2.45, 2.75) is 13.1 Å². The predicted molar refractivity (Wildman–Crippen MR) is 88.6 cm³/mol. The number of nitrogens with one attached hydrogen (secondary N) is 1. The SMILES string of the molecule is CNCc1ccc2c(ccn2CCN2CCN(C)CC2)c1. The number of piperazine rings is 1. The Hall–Kier alpha value is -1.36. The van der Waals surface area contributed by atoms with Gasteiger partial charge >= 0.3 is 0 Å². The molecule has 0 radical (unpaired) electrons. The number of hydrogen-bond donors (Lipinski definition) is 1. The highest BCUT2D eigenvalue weighted by Crippen LogP contribution is 2.18. The molecule has 2 aromatic rings. The average molecular weight is 286 g/mol. The number of benzene rings is 1. The van der Waals surface area contributed by atoms with Crippen LogP contribution in [0.1, 0.15) is 5.56 Å². The molecular weight excluding hydrogens is 260 g/mol. The smallest absolute Gasteiger partial charge is 0.0480 e. The van der Waals surface area contributed by atoms with Crippen LogP contribution in [0.15, 0.2) is 30.5 Å². The van der Waals surface area contributed by atoms with Gasteiger partial charge in [0.2, 0.25) is 0 Å². The van der Waals surface area contributed by atoms with Crippen LogP contribution < -0.4 is 5.32 Å². The van der Waals surface area contributed by atoms with Crippen molar-refractivity contribution in [2.24, 2.45) is 0 Å². The van der Waals surface area contributed by atoms with Crippen molar-refractivity contribution in [1.29, 1.82) is 0 Å². The molecule has 1 aliphatic heterocycles. The first-order valence-corrected chi connectivity index (χ1v) is 7.89. The number of aromatic nitrogens is 1. The summed E-state index contributed by atoms with van der Waals surface area (Å²) in [5.74, 6) is 0. The van der Waals surface area contributed by atoms with Gasteiger partial charge in [-0.05, 0) is 43.2 Å². The van der Waals surface area contributed by atoms with Crippen LogP contribution in [-0.4, -0.2) is 61.2 Å². The van der Waals surface area contributed by atoms with E-state index in [9.17, 15) is 0 Å². The molecule has 0 saturated carbocycles. The van der Waals surface area contributed by atoms with Gasteiger partial charge in [0.25, 0.3) is 0 Å². The van der Waals surface area contributed by atoms with E-state index in [1.165, 1.54) is 42.6 Å². The second kappa shape index (κ2) is 6.60. The zero-order chi connectivity index (χ0) is 14.7. The lowest BCUT2D eigenvalue weighted by Crippen LogP contribution is -2.45. The largest absolute Gasteiger partial charge is 0.346 e. The van der Waals surface area contributed by atoms with Gasteiger partial charge in [-0.25, -0.2) is 0 Å². The van der Waals surface area contributed by atoms with Crippen LogP contribution in [0.25, 0.3) is 10.9 Å². The van der Waals surface area contributed by atoms with E-state index < -0.39 is 0 Å². The summed E-state index contributed by atoms with van der Waals surface area (Å²) >= 11 is 0. The zero-order valence-electron chi connectivity index (χ0n) is 13.2. The fourth-order valence-electron chi connectivity index (χ4n) is 3.08. The molecule has 1 aromatic heterocycles. The summed E-state index contributed by atoms with van der Waals surface area (Å²) in [6.45, 7) is 7.94. The summed E-state index contributed by atoms with van der Waals surface area (Å²) in [4.78, 5) is 4.98. The van der Waals surface area contributed by atoms with Crippen molar-refractivity contribution in [3.63, 3.8) is 0 Å². The summed E-state index contributed by atoms with van der Waals surface area (Å²) in [6.07, 6.45) is 2.23. The molecule has 4 nitrogen and oxygen atoms in total. The Labute approximate surface area is 127 Å². The van der Waals surface area contributed by atoms with Crippen molar-refractivity contribution in [3.05, 3.63) is 36.0 Å². The second-order valence-electron chi connectivity index (χ2n) is 6.08. The number of fused-ring (bicyclic) bond motifs is 1. The van der Waals surface area contributed by atoms with Crippen molar-refractivity contribution in [2.75, 3.05) is 46.8 Å². The topological polar surface area (TPSA) is 23.4 Å². The molecule has 0 bridgehead atoms. The molecule has 0 atom stereocenters. The van der Waals surface area contributed by atoms with Crippen LogP contribution in [0.3, 0.4) is 0 Å². The second-order valence-corrected chi connectivity index (χ2v) is 6.08. The Morgan fingerprint density at radius 1 is 1.05 bits per heavy atom. The molecule has 21 heavy (non-hydrogen) atoms. The van der Waals surface area contributed by atoms with Gasteiger partial charge in [0.1, 0.15) is 0 Å². The predicted octanol–water partition coefficient (Wildman–Crippen LogP) is 1.61. The Morgan fingerprint density at radius 2 is 1.86 bits per heavy atom. The third-order valence-corrected chi connectivity index (χ3v) is 4.47. The monoisotopic (exact) mass is 286 g/mol. The van der Waals surface area contributed by atoms with Gasteiger partial charge in [-0.2, -0.15) is 0 Å². The van der Waals surface area contributed by atoms with Gasteiger partial charge in [0, 0.05) is 57.5 Å². The average Bonchev–Trinajstić information content (AvgIpc) is 2.89. The van der Waals surface area contributed by atoms with Gasteiger partial charge in [-0.3, -0.25) is 4.90 Å². The molecule has 0 spiro atoms. The van der Waals surface area contributed by atoms with Gasteiger partial charge in [0.15, 0.2) is 0 Å². The first-order valence-electron chi connectivity index (χ1n) is 7.89. The van der Waals surface area contributed by atoms with Crippen LogP contribution >= 0.6 is 0 Å². The number of likely N-dealkylation sites (N-methyl/N-ethyl adjacent to an activating group) is 1. The van der Waals surface area contributed by atoms with Gasteiger partial charge in [-0.15, -0.1) is 0 Å². The van der Waals surface area contributed by atoms with Crippen molar-refractivity contribution in [1.82, 2.24) is 19.7 Å². The molecule has 1 aliphatic rings. The van der Waals surface area contributed by atoms with E-state index in [4.69, 9.17) is 0 Å². The minimum Gasteiger partial charge on any atom is -0.346 e. The van der Waals surface area contributed by atoms with Gasteiger partial charge in [0.05, 0.1) is 0 Å². The minimum atomic E-state index is 0.933. The van der Waals surface area contributed by atoms with Gasteiger partial charge in [-0.1, -0.05) is 6.07 Å². The Balaban J connectivity index is 1.64. The van der Waals surface area contributed by atoms with E-state index >= 15 is 0 Å². The lowest BCUT2D eigenvalue weighted by Gasteiger charge is -2.32. The standard InChI is InChI=1S/C17H26N4/c1-18-14-15-3-4-17-16(13-15)5-6-21(17)12-11-20-9-7-19(2)8-10-20/h3-6,13,18H,7-12,14H2,1-2H3. The minimum absolute atomic E-state index is 0.933. The maximum atomic E-state index is 3.21. The molecule has 0 amide bonds. The number of rotatable bonds is 5. The lowest BCUT2D eigenvalue weighted by molar-refractivity contribution is 0.150. The molecular formula is C17H26N4. The third-order valence-electron chi connectivity index (χ3n) is 4.47. The van der Waals surface area contributed by atoms with Gasteiger partial charge < -0.3 is 14.8 Å². The van der Waals surface area contributed by atoms with Crippen molar-refractivity contribution >= 4 is 10.9 Å². The maximum Gasteiger partial charge on any atom is 0.0480 e. The lowest BCUT2D eigenvalue weighted by atomic mass is 10.1. The normalized spacial score (nSPS) is 17.6. The van der Waals surface area contributed by atoms with Crippen LogP contribution in [0.5, 0.6) is 0 Å². The molecule has 1 fully saturated rings. The quantitative estimate of drug-likeness (QED) is 0.903. The fourth-order valence-corrected chi connectivity index (χ4v) is 3.08. The van der Waals surface area contributed by atoms with Crippen LogP contribution in [0.4, 0.5) is 0 Å². The third kappa shape index (κ3) is 3.46. The summed E-state index contributed by atoms with van der Waals surface area (Å²) in [6, 6.07) is 9.01. The number of nitrogens with zero attached hydrogens (tertiary/aromatic N) is 3. The highest BCUT2D eigenvalue weighted by atomic mass is 15.2. The van der Waals surface area contributed by atoms with Crippen LogP contribution in [0.2, 0.25) is 0 Å². The molecule has 2 heterocycles. The van der Waals surface area contributed by atoms with E-state index in [0.29, 0.717) is 0 Å². The molecule has 3 rings (SSSR count). The summed E-state index contributed by atoms with van der Waals surface area (Å²) in [7, 11) is 4.20. The van der Waals surface area contributed by atoms with E-state index in [1.807, 2.05) is 7.05 Å². The molecule has 0 unspecified atom stereocenters. The van der Waals surface area contributed by atoms with E-state index in [-0.39, 0.29) is 0 Å².